The smallest absolute Gasteiger partial charge is 0.334 e. The lowest BCUT2D eigenvalue weighted by molar-refractivity contribution is -0.145. The molecule has 0 fully saturated rings. The summed E-state index contributed by atoms with van der Waals surface area (Å²) in [6.07, 6.45) is 2.09. The summed E-state index contributed by atoms with van der Waals surface area (Å²) in [7, 11) is 1.14. The summed E-state index contributed by atoms with van der Waals surface area (Å²) in [5.41, 5.74) is 5.20. The number of carbonyl (C=O) groups excluding carboxylic acids is 4. The van der Waals surface area contributed by atoms with Gasteiger partial charge in [-0.2, -0.15) is 0 Å². The van der Waals surface area contributed by atoms with Gasteiger partial charge in [-0.05, 0) is 132 Å². The molecular weight excluding hydrogens is 972 g/mol. The van der Waals surface area contributed by atoms with Crippen LogP contribution < -0.4 is 15.4 Å². The Morgan fingerprint density at radius 1 is 0.925 bits per heavy atom. The Hall–Kier alpha value is -1.84. The van der Waals surface area contributed by atoms with Crippen LogP contribution in [0.5, 0.6) is 17.2 Å². The van der Waals surface area contributed by atoms with E-state index >= 15 is 0 Å². The molecule has 1 heterocycles. The third-order valence-corrected chi connectivity index (χ3v) is 9.13. The van der Waals surface area contributed by atoms with Gasteiger partial charge in [-0.25, -0.2) is 9.69 Å². The van der Waals surface area contributed by atoms with Gasteiger partial charge in [0.15, 0.2) is 17.1 Å². The number of carbonyl (C=O) groups is 4. The summed E-state index contributed by atoms with van der Waals surface area (Å²) in [6.45, 7) is 0. The maximum atomic E-state index is 13.7. The fraction of sp³-hybridized carbons (Fsp3) is 0.111. The zero-order valence-corrected chi connectivity index (χ0v) is 29.0. The number of aromatic hydroxyl groups is 1. The SMILES string of the molecule is COC(=O)[C@](N)(Cc1cc(I)c(Oc2cc(I)c(O)c(I)c2)c(I)c1)C(=O)c1cccc(N2C(=O)C=CC2=O)c1. The standard InChI is InChI=1S/C27H18I4N2O7/c1-39-26(38)27(32,25(37)14-3-2-4-15(9-14)33-21(34)5-6-22(33)35)12-13-7-19(30)24(20(31)8-13)40-16-10-17(28)23(36)18(29)11-16/h2-11,36H,12,32H2,1H3/t27-/m0/s1. The van der Waals surface area contributed by atoms with Crippen LogP contribution in [0.3, 0.4) is 0 Å². The van der Waals surface area contributed by atoms with E-state index in [4.69, 9.17) is 15.2 Å². The first-order valence-corrected chi connectivity index (χ1v) is 15.6. The molecule has 40 heavy (non-hydrogen) atoms. The van der Waals surface area contributed by atoms with E-state index in [-0.39, 0.29) is 23.4 Å². The van der Waals surface area contributed by atoms with Crippen LogP contribution in [-0.4, -0.2) is 41.3 Å². The van der Waals surface area contributed by atoms with Gasteiger partial charge >= 0.3 is 5.97 Å². The summed E-state index contributed by atoms with van der Waals surface area (Å²) in [6, 6.07) is 12.8. The number of nitrogens with zero attached hydrogens (tertiary/aromatic N) is 1. The number of rotatable bonds is 8. The molecule has 206 valence electrons. The molecule has 3 N–H and O–H groups in total. The Balaban J connectivity index is 1.65. The molecule has 3 aromatic carbocycles. The lowest BCUT2D eigenvalue weighted by atomic mass is 9.84. The Bertz CT molecular complexity index is 1540. The van der Waals surface area contributed by atoms with Gasteiger partial charge in [0.2, 0.25) is 0 Å². The van der Waals surface area contributed by atoms with Crippen molar-refractivity contribution in [2.75, 3.05) is 12.0 Å². The largest absolute Gasteiger partial charge is 0.506 e. The minimum absolute atomic E-state index is 0.0405. The monoisotopic (exact) mass is 990 g/mol. The third kappa shape index (κ3) is 6.31. The van der Waals surface area contributed by atoms with E-state index in [0.29, 0.717) is 31.3 Å². The van der Waals surface area contributed by atoms with Gasteiger partial charge in [0.25, 0.3) is 11.8 Å². The van der Waals surface area contributed by atoms with Crippen molar-refractivity contribution >= 4 is 120 Å². The van der Waals surface area contributed by atoms with E-state index in [2.05, 4.69) is 45.2 Å². The maximum absolute atomic E-state index is 13.7. The van der Waals surface area contributed by atoms with Crippen LogP contribution in [-0.2, 0) is 25.5 Å². The number of phenolic OH excluding ortho intramolecular Hbond substituents is 1. The molecule has 13 heteroatoms. The highest BCUT2D eigenvalue weighted by Gasteiger charge is 2.44. The zero-order chi connectivity index (χ0) is 29.4. The highest BCUT2D eigenvalue weighted by atomic mass is 127. The predicted octanol–water partition coefficient (Wildman–Crippen LogP) is 5.33. The molecule has 0 saturated carbocycles. The molecule has 0 unspecified atom stereocenters. The van der Waals surface area contributed by atoms with Crippen LogP contribution in [0.4, 0.5) is 5.69 Å². The van der Waals surface area contributed by atoms with Crippen LogP contribution in [0.1, 0.15) is 15.9 Å². The molecule has 0 radical (unpaired) electrons. The van der Waals surface area contributed by atoms with Crippen molar-refractivity contribution in [2.24, 2.45) is 5.73 Å². The summed E-state index contributed by atoms with van der Waals surface area (Å²) in [5.74, 6) is -1.45. The number of hydrogen-bond donors (Lipinski definition) is 2. The molecule has 2 amide bonds. The molecule has 0 spiro atoms. The normalized spacial score (nSPS) is 14.3. The van der Waals surface area contributed by atoms with E-state index in [1.165, 1.54) is 24.3 Å². The number of Topliss-reactive ketones (excluding diaryl/α,β-unsaturated/α-hetero) is 1. The number of hydrogen-bond acceptors (Lipinski definition) is 8. The predicted molar refractivity (Wildman–Crippen MR) is 181 cm³/mol. The van der Waals surface area contributed by atoms with Crippen molar-refractivity contribution in [2.45, 2.75) is 12.0 Å². The highest BCUT2D eigenvalue weighted by molar-refractivity contribution is 14.1. The van der Waals surface area contributed by atoms with Gasteiger partial charge in [0.1, 0.15) is 11.5 Å². The first kappa shape index (κ1) is 31.1. The van der Waals surface area contributed by atoms with Gasteiger partial charge in [-0.1, -0.05) is 12.1 Å². The van der Waals surface area contributed by atoms with Crippen LogP contribution in [0.25, 0.3) is 0 Å². The van der Waals surface area contributed by atoms with Crippen molar-refractivity contribution in [3.05, 3.63) is 86.1 Å². The third-order valence-electron chi connectivity index (χ3n) is 5.88. The number of methoxy groups -OCH3 is 1. The van der Waals surface area contributed by atoms with Gasteiger partial charge in [0, 0.05) is 24.1 Å². The fourth-order valence-corrected chi connectivity index (χ4v) is 7.81. The second kappa shape index (κ2) is 12.6. The minimum atomic E-state index is -2.09. The molecule has 1 aliphatic heterocycles. The molecular formula is C27H18I4N2O7. The second-order valence-electron chi connectivity index (χ2n) is 8.59. The van der Waals surface area contributed by atoms with Gasteiger partial charge < -0.3 is 20.3 Å². The number of benzene rings is 3. The summed E-state index contributed by atoms with van der Waals surface area (Å²) >= 11 is 8.25. The van der Waals surface area contributed by atoms with Gasteiger partial charge in [0.05, 0.1) is 27.1 Å². The van der Waals surface area contributed by atoms with Crippen LogP contribution in [0.2, 0.25) is 0 Å². The molecule has 0 aliphatic carbocycles. The number of imide groups is 1. The number of ketones is 1. The number of anilines is 1. The second-order valence-corrected chi connectivity index (χ2v) is 13.2. The van der Waals surface area contributed by atoms with E-state index in [9.17, 15) is 24.3 Å². The number of halogens is 4. The van der Waals surface area contributed by atoms with Gasteiger partial charge in [-0.3, -0.25) is 14.4 Å². The Morgan fingerprint density at radius 3 is 2.05 bits per heavy atom. The van der Waals surface area contributed by atoms with Crippen LogP contribution in [0, 0.1) is 14.3 Å². The van der Waals surface area contributed by atoms with Crippen molar-refractivity contribution in [1.29, 1.82) is 0 Å². The zero-order valence-electron chi connectivity index (χ0n) is 20.4. The minimum Gasteiger partial charge on any atom is -0.506 e. The number of esters is 1. The quantitative estimate of drug-likeness (QED) is 0.102. The number of amides is 2. The molecule has 3 aromatic rings. The Morgan fingerprint density at radius 2 is 1.50 bits per heavy atom. The number of ether oxygens (including phenoxy) is 2. The lowest BCUT2D eigenvalue weighted by Crippen LogP contribution is -2.57. The average molecular weight is 990 g/mol. The molecule has 1 aliphatic rings. The molecule has 1 atom stereocenters. The van der Waals surface area contributed by atoms with E-state index in [1.807, 2.05) is 45.2 Å². The highest BCUT2D eigenvalue weighted by Crippen LogP contribution is 2.37. The molecule has 0 aromatic heterocycles. The molecule has 0 saturated heterocycles. The number of phenols is 1. The maximum Gasteiger partial charge on any atom is 0.334 e. The van der Waals surface area contributed by atoms with E-state index < -0.39 is 29.1 Å². The fourth-order valence-electron chi connectivity index (χ4n) is 3.98. The summed E-state index contributed by atoms with van der Waals surface area (Å²) in [4.78, 5) is 51.8. The topological polar surface area (TPSA) is 136 Å². The van der Waals surface area contributed by atoms with Crippen molar-refractivity contribution in [1.82, 2.24) is 0 Å². The van der Waals surface area contributed by atoms with Crippen molar-refractivity contribution < 1.29 is 33.8 Å². The summed E-state index contributed by atoms with van der Waals surface area (Å²) in [5, 5.41) is 10.1. The van der Waals surface area contributed by atoms with E-state index in [0.717, 1.165) is 24.2 Å². The lowest BCUT2D eigenvalue weighted by Gasteiger charge is -2.26. The Labute approximate surface area is 283 Å². The van der Waals surface area contributed by atoms with Crippen LogP contribution >= 0.6 is 90.4 Å². The van der Waals surface area contributed by atoms with E-state index in [1.54, 1.807) is 24.3 Å². The summed E-state index contributed by atoms with van der Waals surface area (Å²) < 4.78 is 13.7. The van der Waals surface area contributed by atoms with Crippen molar-refractivity contribution in [3.63, 3.8) is 0 Å². The van der Waals surface area contributed by atoms with Crippen LogP contribution in [0.15, 0.2) is 60.7 Å². The first-order valence-electron chi connectivity index (χ1n) is 11.3. The molecule has 9 nitrogen and oxygen atoms in total. The number of nitrogens with two attached hydrogens (primary N) is 1. The molecule has 4 rings (SSSR count). The molecule has 0 bridgehead atoms. The first-order chi connectivity index (χ1) is 18.8. The average Bonchev–Trinajstić information content (AvgIpc) is 3.25. The van der Waals surface area contributed by atoms with Crippen molar-refractivity contribution in [3.8, 4) is 17.2 Å². The Kier molecular flexibility index (Phi) is 9.78. The van der Waals surface area contributed by atoms with Gasteiger partial charge in [-0.15, -0.1) is 0 Å².